The highest BCUT2D eigenvalue weighted by Gasteiger charge is 2.41. The van der Waals surface area contributed by atoms with Gasteiger partial charge in [-0.15, -0.1) is 0 Å². The zero-order valence-corrected chi connectivity index (χ0v) is 12.3. The molecule has 6 nitrogen and oxygen atoms in total. The first-order chi connectivity index (χ1) is 10.1. The first-order valence-corrected chi connectivity index (χ1v) is 6.56. The molecule has 21 heavy (non-hydrogen) atoms. The molecule has 1 heterocycles. The van der Waals surface area contributed by atoms with Crippen molar-refractivity contribution in [2.75, 3.05) is 21.3 Å². The highest BCUT2D eigenvalue weighted by Crippen LogP contribution is 2.39. The summed E-state index contributed by atoms with van der Waals surface area (Å²) in [5.41, 5.74) is 1.41. The monoisotopic (exact) mass is 294 g/mol. The molecule has 0 radical (unpaired) electrons. The summed E-state index contributed by atoms with van der Waals surface area (Å²) in [5, 5.41) is 0. The van der Waals surface area contributed by atoms with E-state index in [1.807, 2.05) is 6.08 Å². The van der Waals surface area contributed by atoms with Gasteiger partial charge in [-0.05, 0) is 18.9 Å². The van der Waals surface area contributed by atoms with Gasteiger partial charge in [0.2, 0.25) is 11.5 Å². The normalized spacial score (nSPS) is 24.4. The number of esters is 2. The lowest BCUT2D eigenvalue weighted by atomic mass is 9.96. The van der Waals surface area contributed by atoms with Crippen LogP contribution in [0.1, 0.15) is 19.3 Å². The summed E-state index contributed by atoms with van der Waals surface area (Å²) in [4.78, 5) is 23.3. The Balaban J connectivity index is 2.31. The third-order valence-corrected chi connectivity index (χ3v) is 3.62. The van der Waals surface area contributed by atoms with Crippen LogP contribution in [0.15, 0.2) is 35.1 Å². The SMILES string of the molecule is COC(=O)C1=CCC2(OC)OC(C(=O)OC)=CCC2=CC1. The highest BCUT2D eigenvalue weighted by atomic mass is 16.7. The van der Waals surface area contributed by atoms with Crippen LogP contribution in [-0.4, -0.2) is 39.1 Å². The number of fused-ring (bicyclic) bond motifs is 1. The molecule has 1 unspecified atom stereocenters. The van der Waals surface area contributed by atoms with Gasteiger partial charge in [0.15, 0.2) is 0 Å². The summed E-state index contributed by atoms with van der Waals surface area (Å²) in [5.74, 6) is -1.88. The van der Waals surface area contributed by atoms with Crippen molar-refractivity contribution >= 4 is 11.9 Å². The zero-order valence-electron chi connectivity index (χ0n) is 12.3. The van der Waals surface area contributed by atoms with E-state index >= 15 is 0 Å². The van der Waals surface area contributed by atoms with Gasteiger partial charge in [-0.25, -0.2) is 9.59 Å². The summed E-state index contributed by atoms with van der Waals surface area (Å²) in [6, 6.07) is 0. The molecule has 0 amide bonds. The zero-order chi connectivity index (χ0) is 15.5. The quantitative estimate of drug-likeness (QED) is 0.582. The smallest absolute Gasteiger partial charge is 0.373 e. The molecule has 0 spiro atoms. The van der Waals surface area contributed by atoms with E-state index in [1.165, 1.54) is 21.3 Å². The Morgan fingerprint density at radius 2 is 1.76 bits per heavy atom. The van der Waals surface area contributed by atoms with Gasteiger partial charge in [0.1, 0.15) is 0 Å². The average molecular weight is 294 g/mol. The van der Waals surface area contributed by atoms with Crippen LogP contribution in [0.2, 0.25) is 0 Å². The van der Waals surface area contributed by atoms with E-state index in [0.717, 1.165) is 5.57 Å². The second-order valence-electron chi connectivity index (χ2n) is 4.68. The maximum atomic E-state index is 11.6. The van der Waals surface area contributed by atoms with Gasteiger partial charge in [0, 0.05) is 24.7 Å². The largest absolute Gasteiger partial charge is 0.466 e. The van der Waals surface area contributed by atoms with Crippen LogP contribution in [0.3, 0.4) is 0 Å². The second kappa shape index (κ2) is 6.13. The van der Waals surface area contributed by atoms with Crippen LogP contribution in [0.5, 0.6) is 0 Å². The van der Waals surface area contributed by atoms with Crippen molar-refractivity contribution < 1.29 is 28.5 Å². The Morgan fingerprint density at radius 1 is 1.05 bits per heavy atom. The van der Waals surface area contributed by atoms with E-state index in [1.54, 1.807) is 12.2 Å². The van der Waals surface area contributed by atoms with Crippen LogP contribution < -0.4 is 0 Å². The van der Waals surface area contributed by atoms with E-state index in [0.29, 0.717) is 24.8 Å². The Morgan fingerprint density at radius 3 is 2.38 bits per heavy atom. The molecular weight excluding hydrogens is 276 g/mol. The Hall–Kier alpha value is -2.08. The number of carbonyl (C=O) groups excluding carboxylic acids is 2. The Kier molecular flexibility index (Phi) is 4.47. The van der Waals surface area contributed by atoms with Gasteiger partial charge < -0.3 is 18.9 Å². The van der Waals surface area contributed by atoms with Crippen molar-refractivity contribution in [3.05, 3.63) is 35.1 Å². The van der Waals surface area contributed by atoms with Crippen molar-refractivity contribution in [2.45, 2.75) is 25.0 Å². The van der Waals surface area contributed by atoms with E-state index in [4.69, 9.17) is 14.2 Å². The molecule has 0 aromatic rings. The number of rotatable bonds is 3. The molecule has 0 bridgehead atoms. The molecule has 1 aliphatic carbocycles. The molecule has 6 heteroatoms. The van der Waals surface area contributed by atoms with Gasteiger partial charge in [-0.1, -0.05) is 12.2 Å². The lowest BCUT2D eigenvalue weighted by molar-refractivity contribution is -0.185. The van der Waals surface area contributed by atoms with Crippen molar-refractivity contribution in [1.29, 1.82) is 0 Å². The van der Waals surface area contributed by atoms with E-state index in [-0.39, 0.29) is 11.7 Å². The Bertz CT molecular complexity index is 542. The fourth-order valence-corrected chi connectivity index (χ4v) is 2.41. The maximum absolute atomic E-state index is 11.6. The van der Waals surface area contributed by atoms with Crippen LogP contribution >= 0.6 is 0 Å². The molecule has 0 aromatic heterocycles. The van der Waals surface area contributed by atoms with Crippen LogP contribution in [0.25, 0.3) is 0 Å². The first-order valence-electron chi connectivity index (χ1n) is 6.56. The molecule has 2 aliphatic rings. The van der Waals surface area contributed by atoms with Crippen LogP contribution in [-0.2, 0) is 28.5 Å². The van der Waals surface area contributed by atoms with Crippen molar-refractivity contribution in [3.8, 4) is 0 Å². The van der Waals surface area contributed by atoms with Gasteiger partial charge in [0.05, 0.1) is 14.2 Å². The molecular formula is C15H18O6. The van der Waals surface area contributed by atoms with Crippen molar-refractivity contribution in [2.24, 2.45) is 0 Å². The first kappa shape index (κ1) is 15.3. The third kappa shape index (κ3) is 2.85. The van der Waals surface area contributed by atoms with Crippen molar-refractivity contribution in [3.63, 3.8) is 0 Å². The summed E-state index contributed by atoms with van der Waals surface area (Å²) >= 11 is 0. The number of methoxy groups -OCH3 is 3. The molecule has 1 aliphatic heterocycles. The second-order valence-corrected chi connectivity index (χ2v) is 4.68. The van der Waals surface area contributed by atoms with E-state index in [9.17, 15) is 9.59 Å². The van der Waals surface area contributed by atoms with E-state index < -0.39 is 11.8 Å². The number of allylic oxidation sites excluding steroid dienone is 2. The van der Waals surface area contributed by atoms with Gasteiger partial charge in [0.25, 0.3) is 0 Å². The number of ether oxygens (including phenoxy) is 4. The molecule has 0 fully saturated rings. The Labute approximate surface area is 123 Å². The number of hydrogen-bond donors (Lipinski definition) is 0. The summed E-state index contributed by atoms with van der Waals surface area (Å²) < 4.78 is 20.6. The molecule has 0 saturated heterocycles. The molecule has 114 valence electrons. The summed E-state index contributed by atoms with van der Waals surface area (Å²) in [6.45, 7) is 0. The molecule has 1 atom stereocenters. The van der Waals surface area contributed by atoms with Gasteiger partial charge in [-0.3, -0.25) is 0 Å². The predicted octanol–water partition coefficient (Wildman–Crippen LogP) is 1.63. The standard InChI is InChI=1S/C15H18O6/c1-18-13(16)10-4-5-11-6-7-12(14(17)19-2)21-15(11,20-3)9-8-10/h5,7-8H,4,6,9H2,1-3H3. The predicted molar refractivity (Wildman–Crippen MR) is 73.0 cm³/mol. The molecule has 2 rings (SSSR count). The topological polar surface area (TPSA) is 71.1 Å². The summed E-state index contributed by atoms with van der Waals surface area (Å²) in [7, 11) is 4.14. The van der Waals surface area contributed by atoms with E-state index in [2.05, 4.69) is 4.74 Å². The number of hydrogen-bond acceptors (Lipinski definition) is 6. The van der Waals surface area contributed by atoms with Crippen LogP contribution in [0.4, 0.5) is 0 Å². The van der Waals surface area contributed by atoms with Gasteiger partial charge in [-0.2, -0.15) is 0 Å². The maximum Gasteiger partial charge on any atom is 0.373 e. The van der Waals surface area contributed by atoms with Crippen LogP contribution in [0, 0.1) is 0 Å². The highest BCUT2D eigenvalue weighted by molar-refractivity contribution is 5.89. The minimum atomic E-state index is -1.08. The fraction of sp³-hybridized carbons (Fsp3) is 0.467. The molecule has 0 N–H and O–H groups in total. The summed E-state index contributed by atoms with van der Waals surface area (Å²) in [6.07, 6.45) is 6.51. The fourth-order valence-electron chi connectivity index (χ4n) is 2.41. The lowest BCUT2D eigenvalue weighted by Crippen LogP contribution is -2.39. The molecule has 0 saturated carbocycles. The third-order valence-electron chi connectivity index (χ3n) is 3.62. The lowest BCUT2D eigenvalue weighted by Gasteiger charge is -2.36. The van der Waals surface area contributed by atoms with Gasteiger partial charge >= 0.3 is 11.9 Å². The minimum Gasteiger partial charge on any atom is -0.466 e. The number of carbonyl (C=O) groups is 2. The minimum absolute atomic E-state index is 0.117. The average Bonchev–Trinajstić information content (AvgIpc) is 2.72. The molecule has 0 aromatic carbocycles. The van der Waals surface area contributed by atoms with Crippen molar-refractivity contribution in [1.82, 2.24) is 0 Å².